The maximum absolute atomic E-state index is 5.82. The Labute approximate surface area is 174 Å². The maximum Gasteiger partial charge on any atom is 0.193 e. The topological polar surface area (TPSA) is 46.1 Å². The average Bonchev–Trinajstić information content (AvgIpc) is 3.24. The predicted molar refractivity (Wildman–Crippen MR) is 116 cm³/mol. The molecule has 2 heterocycles. The van der Waals surface area contributed by atoms with Gasteiger partial charge in [0.15, 0.2) is 5.96 Å². The minimum absolute atomic E-state index is 0. The Hall–Kier alpha value is -1.02. The van der Waals surface area contributed by atoms with Crippen molar-refractivity contribution in [1.29, 1.82) is 0 Å². The Balaban J connectivity index is 0.00000243. The quantitative estimate of drug-likeness (QED) is 0.404. The number of nitrogens with one attached hydrogen (secondary N) is 1. The van der Waals surface area contributed by atoms with E-state index < -0.39 is 0 Å². The fourth-order valence-electron chi connectivity index (χ4n) is 3.61. The SMILES string of the molecule is CN=C(NCc1cccc(OCC(C)C)c1)N1CCC2(CCOC2)C1.I. The zero-order valence-corrected chi connectivity index (χ0v) is 18.5. The summed E-state index contributed by atoms with van der Waals surface area (Å²) < 4.78 is 11.4. The Morgan fingerprint density at radius 3 is 2.92 bits per heavy atom. The highest BCUT2D eigenvalue weighted by molar-refractivity contribution is 14.0. The van der Waals surface area contributed by atoms with Crippen LogP contribution in [0.4, 0.5) is 0 Å². The van der Waals surface area contributed by atoms with Gasteiger partial charge in [-0.2, -0.15) is 0 Å². The molecule has 2 fully saturated rings. The molecule has 1 aromatic carbocycles. The first-order chi connectivity index (χ1) is 12.1. The van der Waals surface area contributed by atoms with Gasteiger partial charge >= 0.3 is 0 Å². The minimum atomic E-state index is 0. The van der Waals surface area contributed by atoms with E-state index in [9.17, 15) is 0 Å². The molecule has 2 aliphatic rings. The van der Waals surface area contributed by atoms with Gasteiger partial charge in [0.05, 0.1) is 13.2 Å². The average molecular weight is 473 g/mol. The molecule has 26 heavy (non-hydrogen) atoms. The number of halogens is 1. The van der Waals surface area contributed by atoms with E-state index in [4.69, 9.17) is 9.47 Å². The third kappa shape index (κ3) is 5.49. The van der Waals surface area contributed by atoms with Crippen LogP contribution in [0.5, 0.6) is 5.75 Å². The minimum Gasteiger partial charge on any atom is -0.493 e. The van der Waals surface area contributed by atoms with E-state index in [-0.39, 0.29) is 24.0 Å². The molecule has 2 saturated heterocycles. The molecule has 1 N–H and O–H groups in total. The van der Waals surface area contributed by atoms with Crippen LogP contribution >= 0.6 is 24.0 Å². The van der Waals surface area contributed by atoms with Crippen LogP contribution in [0.15, 0.2) is 29.3 Å². The highest BCUT2D eigenvalue weighted by Gasteiger charge is 2.42. The van der Waals surface area contributed by atoms with Crippen molar-refractivity contribution in [2.75, 3.05) is 40.0 Å². The van der Waals surface area contributed by atoms with E-state index in [0.29, 0.717) is 11.3 Å². The third-order valence-electron chi connectivity index (χ3n) is 5.07. The van der Waals surface area contributed by atoms with Gasteiger partial charge in [-0.1, -0.05) is 26.0 Å². The van der Waals surface area contributed by atoms with E-state index >= 15 is 0 Å². The van der Waals surface area contributed by atoms with Crippen molar-refractivity contribution in [3.05, 3.63) is 29.8 Å². The lowest BCUT2D eigenvalue weighted by Gasteiger charge is -2.25. The smallest absolute Gasteiger partial charge is 0.193 e. The van der Waals surface area contributed by atoms with E-state index in [2.05, 4.69) is 47.3 Å². The summed E-state index contributed by atoms with van der Waals surface area (Å²) >= 11 is 0. The van der Waals surface area contributed by atoms with Crippen molar-refractivity contribution in [3.8, 4) is 5.75 Å². The van der Waals surface area contributed by atoms with E-state index in [1.807, 2.05) is 13.1 Å². The predicted octanol–water partition coefficient (Wildman–Crippen LogP) is 3.53. The van der Waals surface area contributed by atoms with Gasteiger partial charge in [-0.3, -0.25) is 4.99 Å². The van der Waals surface area contributed by atoms with Gasteiger partial charge < -0.3 is 19.7 Å². The van der Waals surface area contributed by atoms with Crippen LogP contribution in [0.3, 0.4) is 0 Å². The Morgan fingerprint density at radius 1 is 1.38 bits per heavy atom. The van der Waals surface area contributed by atoms with E-state index in [1.165, 1.54) is 18.4 Å². The van der Waals surface area contributed by atoms with Crippen LogP contribution in [0.1, 0.15) is 32.3 Å². The fourth-order valence-corrected chi connectivity index (χ4v) is 3.61. The van der Waals surface area contributed by atoms with Crippen LogP contribution in [-0.4, -0.2) is 50.8 Å². The van der Waals surface area contributed by atoms with Gasteiger partial charge in [0.2, 0.25) is 0 Å². The van der Waals surface area contributed by atoms with E-state index in [1.54, 1.807) is 0 Å². The number of aliphatic imine (C=N–C) groups is 1. The van der Waals surface area contributed by atoms with Crippen LogP contribution in [0.25, 0.3) is 0 Å². The van der Waals surface area contributed by atoms with E-state index in [0.717, 1.165) is 51.2 Å². The molecule has 0 aliphatic carbocycles. The first-order valence-corrected chi connectivity index (χ1v) is 9.35. The van der Waals surface area contributed by atoms with Crippen molar-refractivity contribution >= 4 is 29.9 Å². The normalized spacial score (nSPS) is 22.8. The number of ether oxygens (including phenoxy) is 2. The summed E-state index contributed by atoms with van der Waals surface area (Å²) in [5, 5.41) is 3.51. The summed E-state index contributed by atoms with van der Waals surface area (Å²) in [4.78, 5) is 6.85. The lowest BCUT2D eigenvalue weighted by molar-refractivity contribution is 0.156. The summed E-state index contributed by atoms with van der Waals surface area (Å²) in [6.07, 6.45) is 2.38. The van der Waals surface area contributed by atoms with Crippen molar-refractivity contribution < 1.29 is 9.47 Å². The fraction of sp³-hybridized carbons (Fsp3) is 0.650. The van der Waals surface area contributed by atoms with Gasteiger partial charge in [-0.05, 0) is 36.5 Å². The van der Waals surface area contributed by atoms with Crippen molar-refractivity contribution in [2.24, 2.45) is 16.3 Å². The molecular formula is C20H32IN3O2. The first kappa shape index (κ1) is 21.3. The molecule has 146 valence electrons. The number of nitrogens with zero attached hydrogens (tertiary/aromatic N) is 2. The van der Waals surface area contributed by atoms with Gasteiger partial charge in [0.1, 0.15) is 5.75 Å². The number of benzene rings is 1. The summed E-state index contributed by atoms with van der Waals surface area (Å²) in [5.74, 6) is 2.45. The van der Waals surface area contributed by atoms with Crippen molar-refractivity contribution in [1.82, 2.24) is 10.2 Å². The Bertz CT molecular complexity index is 600. The molecule has 0 bridgehead atoms. The highest BCUT2D eigenvalue weighted by atomic mass is 127. The number of likely N-dealkylation sites (tertiary alicyclic amines) is 1. The molecular weight excluding hydrogens is 441 g/mol. The molecule has 5 nitrogen and oxygen atoms in total. The summed E-state index contributed by atoms with van der Waals surface area (Å²) in [5.41, 5.74) is 1.56. The number of hydrogen-bond acceptors (Lipinski definition) is 3. The monoisotopic (exact) mass is 473 g/mol. The Kier molecular flexibility index (Phi) is 8.01. The molecule has 0 amide bonds. The molecule has 6 heteroatoms. The van der Waals surface area contributed by atoms with Gasteiger partial charge in [-0.15, -0.1) is 24.0 Å². The first-order valence-electron chi connectivity index (χ1n) is 9.35. The van der Waals surface area contributed by atoms with Gasteiger partial charge in [0.25, 0.3) is 0 Å². The van der Waals surface area contributed by atoms with Crippen molar-refractivity contribution in [3.63, 3.8) is 0 Å². The second kappa shape index (κ2) is 9.78. The standard InChI is InChI=1S/C20H31N3O2.HI/c1-16(2)13-25-18-6-4-5-17(11-18)12-22-19(21-3)23-9-7-20(14-23)8-10-24-15-20;/h4-6,11,16H,7-10,12-15H2,1-3H3,(H,21,22);1H. The van der Waals surface area contributed by atoms with Crippen LogP contribution < -0.4 is 10.1 Å². The maximum atomic E-state index is 5.82. The molecule has 1 atom stereocenters. The lowest BCUT2D eigenvalue weighted by Crippen LogP contribution is -2.41. The molecule has 1 unspecified atom stereocenters. The van der Waals surface area contributed by atoms with Gasteiger partial charge in [0, 0.05) is 38.7 Å². The zero-order chi connectivity index (χ0) is 17.7. The number of guanidine groups is 1. The zero-order valence-electron chi connectivity index (χ0n) is 16.2. The van der Waals surface area contributed by atoms with Gasteiger partial charge in [-0.25, -0.2) is 0 Å². The lowest BCUT2D eigenvalue weighted by atomic mass is 9.87. The number of rotatable bonds is 5. The van der Waals surface area contributed by atoms with Crippen LogP contribution in [0.2, 0.25) is 0 Å². The largest absolute Gasteiger partial charge is 0.493 e. The summed E-state index contributed by atoms with van der Waals surface area (Å²) in [7, 11) is 1.86. The second-order valence-corrected chi connectivity index (χ2v) is 7.73. The van der Waals surface area contributed by atoms with Crippen LogP contribution in [-0.2, 0) is 11.3 Å². The summed E-state index contributed by atoms with van der Waals surface area (Å²) in [6.45, 7) is 9.73. The second-order valence-electron chi connectivity index (χ2n) is 7.73. The van der Waals surface area contributed by atoms with Crippen molar-refractivity contribution in [2.45, 2.75) is 33.2 Å². The van der Waals surface area contributed by atoms with Crippen LogP contribution in [0, 0.1) is 11.3 Å². The third-order valence-corrected chi connectivity index (χ3v) is 5.07. The molecule has 1 aromatic rings. The molecule has 0 saturated carbocycles. The number of hydrogen-bond donors (Lipinski definition) is 1. The molecule has 0 aromatic heterocycles. The molecule has 3 rings (SSSR count). The Morgan fingerprint density at radius 2 is 2.23 bits per heavy atom. The molecule has 1 spiro atoms. The summed E-state index contributed by atoms with van der Waals surface area (Å²) in [6, 6.07) is 8.30. The molecule has 0 radical (unpaired) electrons. The highest BCUT2D eigenvalue weighted by Crippen LogP contribution is 2.38. The molecule has 2 aliphatic heterocycles.